The van der Waals surface area contributed by atoms with E-state index in [4.69, 9.17) is 9.47 Å². The molecule has 0 fully saturated rings. The Bertz CT molecular complexity index is 711. The zero-order chi connectivity index (χ0) is 16.1. The van der Waals surface area contributed by atoms with Crippen molar-refractivity contribution in [3.8, 4) is 5.75 Å². The number of hydrogen-bond donors (Lipinski definition) is 2. The molecule has 0 radical (unpaired) electrons. The van der Waals surface area contributed by atoms with Crippen LogP contribution in [0.1, 0.15) is 20.7 Å². The summed E-state index contributed by atoms with van der Waals surface area (Å²) >= 11 is 0. The lowest BCUT2D eigenvalue weighted by Gasteiger charge is -2.14. The summed E-state index contributed by atoms with van der Waals surface area (Å²) in [6.45, 7) is 0. The summed E-state index contributed by atoms with van der Waals surface area (Å²) in [5.41, 5.74) is 1.15. The van der Waals surface area contributed by atoms with E-state index in [1.807, 2.05) is 0 Å². The first-order chi connectivity index (χ1) is 10.6. The molecule has 0 bridgehead atoms. The van der Waals surface area contributed by atoms with Crippen LogP contribution < -0.4 is 10.1 Å². The van der Waals surface area contributed by atoms with Crippen LogP contribution in [0.3, 0.4) is 0 Å². The molecule has 0 aromatic heterocycles. The molecule has 0 aliphatic rings. The fraction of sp³-hybridized carbons (Fsp3) is 0.125. The Morgan fingerprint density at radius 3 is 2.36 bits per heavy atom. The summed E-state index contributed by atoms with van der Waals surface area (Å²) in [5, 5.41) is 12.2. The van der Waals surface area contributed by atoms with Crippen LogP contribution in [0.2, 0.25) is 0 Å². The summed E-state index contributed by atoms with van der Waals surface area (Å²) in [7, 11) is 2.78. The quantitative estimate of drug-likeness (QED) is 0.826. The van der Waals surface area contributed by atoms with Crippen LogP contribution in [0.4, 0.5) is 11.4 Å². The minimum Gasteiger partial charge on any atom is -0.497 e. The van der Waals surface area contributed by atoms with Gasteiger partial charge in [-0.15, -0.1) is 0 Å². The molecule has 0 saturated carbocycles. The molecule has 2 aromatic carbocycles. The third-order valence-electron chi connectivity index (χ3n) is 3.06. The predicted molar refractivity (Wildman–Crippen MR) is 81.0 cm³/mol. The van der Waals surface area contributed by atoms with Gasteiger partial charge in [0.15, 0.2) is 0 Å². The van der Waals surface area contributed by atoms with Crippen LogP contribution in [0, 0.1) is 0 Å². The third-order valence-corrected chi connectivity index (χ3v) is 3.06. The summed E-state index contributed by atoms with van der Waals surface area (Å²) in [6, 6.07) is 11.2. The van der Waals surface area contributed by atoms with Crippen molar-refractivity contribution in [1.29, 1.82) is 0 Å². The van der Waals surface area contributed by atoms with Gasteiger partial charge in [0.2, 0.25) is 0 Å². The highest BCUT2D eigenvalue weighted by molar-refractivity contribution is 5.99. The van der Waals surface area contributed by atoms with E-state index in [0.29, 0.717) is 17.1 Å². The Morgan fingerprint density at radius 1 is 1.00 bits per heavy atom. The second-order valence-electron chi connectivity index (χ2n) is 4.38. The molecule has 114 valence electrons. The van der Waals surface area contributed by atoms with Crippen LogP contribution in [0.5, 0.6) is 5.75 Å². The van der Waals surface area contributed by atoms with E-state index in [9.17, 15) is 14.7 Å². The number of methoxy groups -OCH3 is 2. The minimum absolute atomic E-state index is 0.0983. The third kappa shape index (κ3) is 3.17. The smallest absolute Gasteiger partial charge is 0.339 e. The second kappa shape index (κ2) is 6.62. The molecular formula is C16H15NO5. The van der Waals surface area contributed by atoms with Crippen LogP contribution in [-0.2, 0) is 4.74 Å². The van der Waals surface area contributed by atoms with E-state index in [2.05, 4.69) is 5.32 Å². The maximum atomic E-state index is 11.8. The molecule has 0 aliphatic heterocycles. The molecule has 0 saturated heterocycles. The van der Waals surface area contributed by atoms with E-state index < -0.39 is 11.9 Å². The Labute approximate surface area is 127 Å². The molecule has 2 rings (SSSR count). The Hall–Kier alpha value is -3.02. The molecule has 2 N–H and O–H groups in total. The highest BCUT2D eigenvalue weighted by Gasteiger charge is 2.15. The zero-order valence-electron chi connectivity index (χ0n) is 12.1. The van der Waals surface area contributed by atoms with E-state index in [0.717, 1.165) is 0 Å². The predicted octanol–water partition coefficient (Wildman–Crippen LogP) is 2.92. The fourth-order valence-electron chi connectivity index (χ4n) is 1.97. The number of benzene rings is 2. The van der Waals surface area contributed by atoms with Crippen molar-refractivity contribution >= 4 is 23.3 Å². The lowest BCUT2D eigenvalue weighted by molar-refractivity contribution is 0.0601. The number of hydrogen-bond acceptors (Lipinski definition) is 5. The van der Waals surface area contributed by atoms with Crippen molar-refractivity contribution in [2.75, 3.05) is 19.5 Å². The average Bonchev–Trinajstić information content (AvgIpc) is 2.54. The number of anilines is 2. The molecule has 0 heterocycles. The topological polar surface area (TPSA) is 84.9 Å². The number of rotatable bonds is 5. The van der Waals surface area contributed by atoms with Crippen molar-refractivity contribution in [2.45, 2.75) is 0 Å². The second-order valence-corrected chi connectivity index (χ2v) is 4.38. The Morgan fingerprint density at radius 2 is 1.73 bits per heavy atom. The number of ether oxygens (including phenoxy) is 2. The van der Waals surface area contributed by atoms with E-state index in [-0.39, 0.29) is 11.1 Å². The van der Waals surface area contributed by atoms with Crippen LogP contribution in [-0.4, -0.2) is 31.3 Å². The maximum Gasteiger partial charge on any atom is 0.339 e. The van der Waals surface area contributed by atoms with Crippen molar-refractivity contribution in [3.63, 3.8) is 0 Å². The van der Waals surface area contributed by atoms with Gasteiger partial charge in [-0.1, -0.05) is 12.1 Å². The van der Waals surface area contributed by atoms with Crippen LogP contribution in [0.25, 0.3) is 0 Å². The van der Waals surface area contributed by atoms with Gasteiger partial charge in [0.05, 0.1) is 36.7 Å². The van der Waals surface area contributed by atoms with Crippen molar-refractivity contribution in [2.24, 2.45) is 0 Å². The lowest BCUT2D eigenvalue weighted by atomic mass is 10.1. The molecule has 0 unspecified atom stereocenters. The molecule has 6 nitrogen and oxygen atoms in total. The molecule has 6 heteroatoms. The number of para-hydroxylation sites is 1. The number of carboxylic acids is 1. The number of carbonyl (C=O) groups is 2. The first-order valence-corrected chi connectivity index (χ1v) is 6.42. The van der Waals surface area contributed by atoms with Crippen LogP contribution >= 0.6 is 0 Å². The van der Waals surface area contributed by atoms with Crippen molar-refractivity contribution in [3.05, 3.63) is 53.6 Å². The first kappa shape index (κ1) is 15.4. The molecule has 0 spiro atoms. The summed E-state index contributed by atoms with van der Waals surface area (Å²) in [6.07, 6.45) is 0. The SMILES string of the molecule is COC(=O)c1ccc(OC)cc1Nc1ccccc1C(=O)O. The van der Waals surface area contributed by atoms with E-state index in [1.54, 1.807) is 36.4 Å². The number of nitrogens with one attached hydrogen (secondary N) is 1. The first-order valence-electron chi connectivity index (χ1n) is 6.42. The molecule has 2 aromatic rings. The maximum absolute atomic E-state index is 11.8. The van der Waals surface area contributed by atoms with Crippen molar-refractivity contribution in [1.82, 2.24) is 0 Å². The molecular weight excluding hydrogens is 286 g/mol. The van der Waals surface area contributed by atoms with E-state index in [1.165, 1.54) is 20.3 Å². The zero-order valence-corrected chi connectivity index (χ0v) is 12.1. The van der Waals surface area contributed by atoms with Gasteiger partial charge in [-0.05, 0) is 24.3 Å². The number of aromatic carboxylic acids is 1. The standard InChI is InChI=1S/C16H15NO5/c1-21-10-7-8-12(16(20)22-2)14(9-10)17-13-6-4-3-5-11(13)15(18)19/h3-9,17H,1-2H3,(H,18,19). The fourth-order valence-corrected chi connectivity index (χ4v) is 1.97. The van der Waals surface area contributed by atoms with Gasteiger partial charge in [0.25, 0.3) is 0 Å². The lowest BCUT2D eigenvalue weighted by Crippen LogP contribution is -2.08. The molecule has 0 aliphatic carbocycles. The van der Waals surface area contributed by atoms with Gasteiger partial charge in [0, 0.05) is 6.07 Å². The summed E-state index contributed by atoms with van der Waals surface area (Å²) in [4.78, 5) is 23.1. The van der Waals surface area contributed by atoms with Gasteiger partial charge in [0.1, 0.15) is 5.75 Å². The van der Waals surface area contributed by atoms with E-state index >= 15 is 0 Å². The van der Waals surface area contributed by atoms with Gasteiger partial charge < -0.3 is 19.9 Å². The largest absolute Gasteiger partial charge is 0.497 e. The Kier molecular flexibility index (Phi) is 4.63. The normalized spacial score (nSPS) is 9.91. The van der Waals surface area contributed by atoms with Gasteiger partial charge in [-0.25, -0.2) is 9.59 Å². The summed E-state index contributed by atoms with van der Waals surface area (Å²) < 4.78 is 9.86. The average molecular weight is 301 g/mol. The molecule has 0 amide bonds. The number of carboxylic acid groups (broad SMARTS) is 1. The molecule has 22 heavy (non-hydrogen) atoms. The monoisotopic (exact) mass is 301 g/mol. The number of esters is 1. The summed E-state index contributed by atoms with van der Waals surface area (Å²) in [5.74, 6) is -1.06. The Balaban J connectivity index is 2.48. The highest BCUT2D eigenvalue weighted by atomic mass is 16.5. The van der Waals surface area contributed by atoms with Gasteiger partial charge >= 0.3 is 11.9 Å². The minimum atomic E-state index is -1.06. The number of carbonyl (C=O) groups excluding carboxylic acids is 1. The highest BCUT2D eigenvalue weighted by Crippen LogP contribution is 2.28. The van der Waals surface area contributed by atoms with Gasteiger partial charge in [-0.2, -0.15) is 0 Å². The van der Waals surface area contributed by atoms with Gasteiger partial charge in [-0.3, -0.25) is 0 Å². The molecule has 0 atom stereocenters. The van der Waals surface area contributed by atoms with Crippen molar-refractivity contribution < 1.29 is 24.2 Å². The van der Waals surface area contributed by atoms with Crippen LogP contribution in [0.15, 0.2) is 42.5 Å².